The Labute approximate surface area is 150 Å². The van der Waals surface area contributed by atoms with Crippen LogP contribution in [0, 0.1) is 11.3 Å². The van der Waals surface area contributed by atoms with Crippen molar-refractivity contribution in [1.29, 1.82) is 0 Å². The molecule has 1 spiro atoms. The highest BCUT2D eigenvalue weighted by molar-refractivity contribution is 9.10. The molecule has 124 valence electrons. The molecule has 1 saturated heterocycles. The SMILES string of the molecule is O=C(C1CC12CCOC2)N(Cc1cccnc1)c1ccc(Br)cc1. The number of anilines is 1. The summed E-state index contributed by atoms with van der Waals surface area (Å²) in [6, 6.07) is 11.8. The van der Waals surface area contributed by atoms with Gasteiger partial charge < -0.3 is 9.64 Å². The standard InChI is InChI=1S/C19H19BrN2O2/c20-15-3-5-16(6-4-15)22(12-14-2-1-8-21-11-14)18(23)17-10-19(17)7-9-24-13-19/h1-6,8,11,17H,7,9-10,12-13H2. The van der Waals surface area contributed by atoms with Gasteiger partial charge >= 0.3 is 0 Å². The quantitative estimate of drug-likeness (QED) is 0.802. The first-order valence-electron chi connectivity index (χ1n) is 8.22. The van der Waals surface area contributed by atoms with Gasteiger partial charge in [-0.2, -0.15) is 0 Å². The van der Waals surface area contributed by atoms with Crippen LogP contribution in [0.1, 0.15) is 18.4 Å². The van der Waals surface area contributed by atoms with Gasteiger partial charge in [-0.3, -0.25) is 9.78 Å². The van der Waals surface area contributed by atoms with E-state index in [-0.39, 0.29) is 17.2 Å². The van der Waals surface area contributed by atoms with Gasteiger partial charge in [0.2, 0.25) is 5.91 Å². The van der Waals surface area contributed by atoms with Crippen molar-refractivity contribution in [3.05, 3.63) is 58.8 Å². The Morgan fingerprint density at radius 3 is 2.83 bits per heavy atom. The summed E-state index contributed by atoms with van der Waals surface area (Å²) >= 11 is 3.46. The van der Waals surface area contributed by atoms with Crippen LogP contribution in [-0.2, 0) is 16.1 Å². The minimum absolute atomic E-state index is 0.0836. The fraction of sp³-hybridized carbons (Fsp3) is 0.368. The summed E-state index contributed by atoms with van der Waals surface area (Å²) < 4.78 is 6.54. The first-order valence-corrected chi connectivity index (χ1v) is 9.01. The third kappa shape index (κ3) is 2.98. The normalized spacial score (nSPS) is 25.0. The highest BCUT2D eigenvalue weighted by Gasteiger charge is 2.60. The zero-order chi connectivity index (χ0) is 16.6. The zero-order valence-electron chi connectivity index (χ0n) is 13.3. The van der Waals surface area contributed by atoms with E-state index in [0.29, 0.717) is 6.54 Å². The van der Waals surface area contributed by atoms with Crippen molar-refractivity contribution in [2.24, 2.45) is 11.3 Å². The molecule has 4 nitrogen and oxygen atoms in total. The van der Waals surface area contributed by atoms with E-state index in [9.17, 15) is 4.79 Å². The van der Waals surface area contributed by atoms with E-state index in [1.54, 1.807) is 6.20 Å². The topological polar surface area (TPSA) is 42.4 Å². The van der Waals surface area contributed by atoms with Crippen LogP contribution in [0.3, 0.4) is 0 Å². The molecule has 0 radical (unpaired) electrons. The number of halogens is 1. The molecule has 0 N–H and O–H groups in total. The van der Waals surface area contributed by atoms with E-state index in [0.717, 1.165) is 41.8 Å². The number of amides is 1. The second-order valence-corrected chi connectivity index (χ2v) is 7.60. The maximum absolute atomic E-state index is 13.2. The van der Waals surface area contributed by atoms with Gasteiger partial charge in [0, 0.05) is 40.5 Å². The van der Waals surface area contributed by atoms with Gasteiger partial charge in [0.25, 0.3) is 0 Å². The Hall–Kier alpha value is -1.72. The second-order valence-electron chi connectivity index (χ2n) is 6.68. The highest BCUT2D eigenvalue weighted by Crippen LogP contribution is 2.58. The van der Waals surface area contributed by atoms with Gasteiger partial charge in [-0.05, 0) is 48.7 Å². The van der Waals surface area contributed by atoms with Crippen LogP contribution in [0.25, 0.3) is 0 Å². The predicted octanol–water partition coefficient (Wildman–Crippen LogP) is 3.80. The number of rotatable bonds is 4. The maximum atomic E-state index is 13.2. The minimum atomic E-state index is 0.0836. The number of nitrogens with zero attached hydrogens (tertiary/aromatic N) is 2. The van der Waals surface area contributed by atoms with Crippen LogP contribution in [0.15, 0.2) is 53.3 Å². The molecule has 1 amide bonds. The number of ether oxygens (including phenoxy) is 1. The number of carbonyl (C=O) groups is 1. The second kappa shape index (κ2) is 6.30. The van der Waals surface area contributed by atoms with E-state index >= 15 is 0 Å². The van der Waals surface area contributed by atoms with Gasteiger partial charge in [0.15, 0.2) is 0 Å². The molecule has 1 aromatic heterocycles. The van der Waals surface area contributed by atoms with Crippen LogP contribution >= 0.6 is 15.9 Å². The van der Waals surface area contributed by atoms with Gasteiger partial charge in [0.05, 0.1) is 13.2 Å². The summed E-state index contributed by atoms with van der Waals surface area (Å²) in [6.45, 7) is 2.05. The molecule has 1 aliphatic carbocycles. The average Bonchev–Trinajstić information content (AvgIpc) is 3.10. The molecule has 2 aromatic rings. The van der Waals surface area contributed by atoms with E-state index in [1.807, 2.05) is 47.5 Å². The van der Waals surface area contributed by atoms with E-state index in [2.05, 4.69) is 20.9 Å². The highest BCUT2D eigenvalue weighted by atomic mass is 79.9. The van der Waals surface area contributed by atoms with Crippen molar-refractivity contribution in [2.45, 2.75) is 19.4 Å². The number of benzene rings is 1. The number of hydrogen-bond acceptors (Lipinski definition) is 3. The predicted molar refractivity (Wildman–Crippen MR) is 95.5 cm³/mol. The summed E-state index contributed by atoms with van der Waals surface area (Å²) in [5, 5.41) is 0. The monoisotopic (exact) mass is 386 g/mol. The molecule has 1 aromatic carbocycles. The lowest BCUT2D eigenvalue weighted by Crippen LogP contribution is -2.33. The average molecular weight is 387 g/mol. The van der Waals surface area contributed by atoms with Crippen molar-refractivity contribution >= 4 is 27.5 Å². The van der Waals surface area contributed by atoms with Gasteiger partial charge in [-0.1, -0.05) is 22.0 Å². The Morgan fingerprint density at radius 2 is 2.17 bits per heavy atom. The Morgan fingerprint density at radius 1 is 1.33 bits per heavy atom. The third-order valence-electron chi connectivity index (χ3n) is 5.09. The number of carbonyl (C=O) groups excluding carboxylic acids is 1. The first kappa shape index (κ1) is 15.8. The minimum Gasteiger partial charge on any atom is -0.381 e. The zero-order valence-corrected chi connectivity index (χ0v) is 14.9. The van der Waals surface area contributed by atoms with Crippen LogP contribution in [0.5, 0.6) is 0 Å². The molecule has 2 atom stereocenters. The van der Waals surface area contributed by atoms with Crippen molar-refractivity contribution < 1.29 is 9.53 Å². The first-order chi connectivity index (χ1) is 11.7. The fourth-order valence-corrected chi connectivity index (χ4v) is 3.80. The van der Waals surface area contributed by atoms with Gasteiger partial charge in [-0.15, -0.1) is 0 Å². The van der Waals surface area contributed by atoms with Crippen LogP contribution in [-0.4, -0.2) is 24.1 Å². The van der Waals surface area contributed by atoms with Crippen LogP contribution in [0.2, 0.25) is 0 Å². The lowest BCUT2D eigenvalue weighted by molar-refractivity contribution is -0.120. The lowest BCUT2D eigenvalue weighted by atomic mass is 10.0. The van der Waals surface area contributed by atoms with Crippen LogP contribution in [0.4, 0.5) is 5.69 Å². The summed E-state index contributed by atoms with van der Waals surface area (Å²) in [5.41, 5.74) is 2.05. The molecule has 2 aliphatic rings. The summed E-state index contributed by atoms with van der Waals surface area (Å²) in [4.78, 5) is 19.3. The number of aromatic nitrogens is 1. The molecular weight excluding hydrogens is 368 g/mol. The van der Waals surface area contributed by atoms with Gasteiger partial charge in [0.1, 0.15) is 0 Å². The Balaban J connectivity index is 1.60. The molecule has 24 heavy (non-hydrogen) atoms. The maximum Gasteiger partial charge on any atom is 0.231 e. The Kier molecular flexibility index (Phi) is 4.14. The molecule has 1 saturated carbocycles. The van der Waals surface area contributed by atoms with Crippen LogP contribution < -0.4 is 4.90 Å². The molecule has 1 aliphatic heterocycles. The molecule has 2 heterocycles. The van der Waals surface area contributed by atoms with E-state index in [1.165, 1.54) is 0 Å². The molecule has 2 unspecified atom stereocenters. The lowest BCUT2D eigenvalue weighted by Gasteiger charge is -2.24. The summed E-state index contributed by atoms with van der Waals surface area (Å²) in [6.07, 6.45) is 5.53. The fourth-order valence-electron chi connectivity index (χ4n) is 3.54. The Bertz CT molecular complexity index is 727. The molecule has 5 heteroatoms. The van der Waals surface area contributed by atoms with E-state index < -0.39 is 0 Å². The van der Waals surface area contributed by atoms with Crippen molar-refractivity contribution in [2.75, 3.05) is 18.1 Å². The molecule has 4 rings (SSSR count). The van der Waals surface area contributed by atoms with Crippen molar-refractivity contribution in [3.8, 4) is 0 Å². The molecular formula is C19H19BrN2O2. The van der Waals surface area contributed by atoms with E-state index in [4.69, 9.17) is 4.74 Å². The smallest absolute Gasteiger partial charge is 0.231 e. The number of hydrogen-bond donors (Lipinski definition) is 0. The third-order valence-corrected chi connectivity index (χ3v) is 5.62. The van der Waals surface area contributed by atoms with Crippen molar-refractivity contribution in [1.82, 2.24) is 4.98 Å². The summed E-state index contributed by atoms with van der Waals surface area (Å²) in [7, 11) is 0. The number of pyridine rings is 1. The largest absolute Gasteiger partial charge is 0.381 e. The van der Waals surface area contributed by atoms with Crippen molar-refractivity contribution in [3.63, 3.8) is 0 Å². The van der Waals surface area contributed by atoms with Gasteiger partial charge in [-0.25, -0.2) is 0 Å². The molecule has 2 fully saturated rings. The summed E-state index contributed by atoms with van der Waals surface area (Å²) in [5.74, 6) is 0.284. The molecule has 0 bridgehead atoms.